The van der Waals surface area contributed by atoms with Gasteiger partial charge in [0.1, 0.15) is 5.25 Å². The topological polar surface area (TPSA) is 110 Å². The highest BCUT2D eigenvalue weighted by molar-refractivity contribution is 7.91. The number of hydrogen-bond acceptors (Lipinski definition) is 4. The fourth-order valence-corrected chi connectivity index (χ4v) is 5.20. The smallest absolute Gasteiger partial charge is 0.314 e. The lowest BCUT2D eigenvalue weighted by molar-refractivity contribution is -0.114. The largest absolute Gasteiger partial charge is 0.351 e. The molecule has 1 heterocycles. The van der Waals surface area contributed by atoms with Crippen molar-refractivity contribution in [1.29, 1.82) is 0 Å². The van der Waals surface area contributed by atoms with Gasteiger partial charge in [-0.2, -0.15) is 0 Å². The predicted molar refractivity (Wildman–Crippen MR) is 107 cm³/mol. The van der Waals surface area contributed by atoms with Gasteiger partial charge in [-0.15, -0.1) is 0 Å². The van der Waals surface area contributed by atoms with Crippen molar-refractivity contribution in [2.24, 2.45) is 5.73 Å². The van der Waals surface area contributed by atoms with Crippen LogP contribution in [0.2, 0.25) is 0 Å². The van der Waals surface area contributed by atoms with E-state index < -0.39 is 21.1 Å². The van der Waals surface area contributed by atoms with Crippen LogP contribution in [0.1, 0.15) is 28.9 Å². The van der Waals surface area contributed by atoms with E-state index in [0.717, 1.165) is 11.1 Å². The van der Waals surface area contributed by atoms with Crippen molar-refractivity contribution in [3.8, 4) is 0 Å². The van der Waals surface area contributed by atoms with Crippen LogP contribution in [0.4, 0.5) is 10.5 Å². The van der Waals surface area contributed by atoms with Gasteiger partial charge in [-0.25, -0.2) is 13.2 Å². The number of nitrogens with zero attached hydrogens (tertiary/aromatic N) is 1. The van der Waals surface area contributed by atoms with Crippen LogP contribution in [0.3, 0.4) is 0 Å². The van der Waals surface area contributed by atoms with Crippen LogP contribution in [0.5, 0.6) is 0 Å². The molecule has 0 saturated heterocycles. The number of primary amides is 1. The molecule has 28 heavy (non-hydrogen) atoms. The van der Waals surface area contributed by atoms with Crippen molar-refractivity contribution < 1.29 is 18.0 Å². The third-order valence-electron chi connectivity index (χ3n) is 4.88. The van der Waals surface area contributed by atoms with Gasteiger partial charge in [-0.3, -0.25) is 4.79 Å². The van der Waals surface area contributed by atoms with Crippen molar-refractivity contribution >= 4 is 27.5 Å². The van der Waals surface area contributed by atoms with Gasteiger partial charge in [0.15, 0.2) is 9.84 Å². The molecule has 1 atom stereocenters. The molecule has 0 fully saturated rings. The van der Waals surface area contributed by atoms with Crippen LogP contribution >= 0.6 is 0 Å². The summed E-state index contributed by atoms with van der Waals surface area (Å²) < 4.78 is 26.8. The number of nitrogens with one attached hydrogen (secondary N) is 1. The van der Waals surface area contributed by atoms with Crippen molar-refractivity contribution in [3.63, 3.8) is 0 Å². The molecule has 0 bridgehead atoms. The van der Waals surface area contributed by atoms with Crippen molar-refractivity contribution in [2.45, 2.75) is 30.4 Å². The second-order valence-corrected chi connectivity index (χ2v) is 9.11. The van der Waals surface area contributed by atoms with Gasteiger partial charge in [0.2, 0.25) is 5.91 Å². The first kappa shape index (κ1) is 19.9. The fourth-order valence-electron chi connectivity index (χ4n) is 3.42. The maximum atomic E-state index is 13.4. The molecule has 0 spiro atoms. The number of fused-ring (bicyclic) bond motifs is 1. The zero-order valence-corrected chi connectivity index (χ0v) is 16.6. The lowest BCUT2D eigenvalue weighted by atomic mass is 10.0. The van der Waals surface area contributed by atoms with Crippen LogP contribution in [-0.4, -0.2) is 38.3 Å². The number of amides is 3. The van der Waals surface area contributed by atoms with E-state index in [1.165, 1.54) is 11.8 Å². The number of nitrogens with two attached hydrogens (primary N) is 1. The molecule has 0 radical (unpaired) electrons. The Hall–Kier alpha value is -2.87. The lowest BCUT2D eigenvalue weighted by Gasteiger charge is -2.24. The second-order valence-electron chi connectivity index (χ2n) is 6.98. The monoisotopic (exact) mass is 401 g/mol. The number of anilines is 1. The number of urea groups is 1. The molecule has 0 saturated carbocycles. The summed E-state index contributed by atoms with van der Waals surface area (Å²) in [7, 11) is -3.75. The van der Waals surface area contributed by atoms with E-state index in [2.05, 4.69) is 5.32 Å². The molecule has 8 heteroatoms. The first-order chi connectivity index (χ1) is 13.2. The van der Waals surface area contributed by atoms with Crippen molar-refractivity contribution in [3.05, 3.63) is 59.2 Å². The van der Waals surface area contributed by atoms with Gasteiger partial charge in [-0.1, -0.05) is 23.8 Å². The summed E-state index contributed by atoms with van der Waals surface area (Å²) in [5.41, 5.74) is 8.41. The van der Waals surface area contributed by atoms with Crippen molar-refractivity contribution in [1.82, 2.24) is 4.90 Å². The Morgan fingerprint density at radius 2 is 1.82 bits per heavy atom. The quantitative estimate of drug-likeness (QED) is 0.823. The molecule has 0 aliphatic carbocycles. The third-order valence-corrected chi connectivity index (χ3v) is 6.96. The molecule has 7 nitrogen and oxygen atoms in total. The molecule has 1 unspecified atom stereocenters. The zero-order chi connectivity index (χ0) is 20.5. The van der Waals surface area contributed by atoms with Crippen LogP contribution in [0.25, 0.3) is 0 Å². The average Bonchev–Trinajstić information content (AvgIpc) is 2.81. The number of carbonyl (C=O) groups excluding carboxylic acids is 2. The molecule has 3 N–H and O–H groups in total. The molecule has 0 aromatic heterocycles. The van der Waals surface area contributed by atoms with E-state index in [4.69, 9.17) is 5.73 Å². The molecule has 2 aromatic rings. The lowest BCUT2D eigenvalue weighted by Crippen LogP contribution is -2.39. The minimum atomic E-state index is -3.75. The molecular weight excluding hydrogens is 378 g/mol. The van der Waals surface area contributed by atoms with Gasteiger partial charge >= 0.3 is 6.03 Å². The van der Waals surface area contributed by atoms with Gasteiger partial charge in [0.05, 0.1) is 4.90 Å². The van der Waals surface area contributed by atoms with E-state index >= 15 is 0 Å². The normalized spacial score (nSPS) is 16.8. The Labute approximate surface area is 164 Å². The minimum Gasteiger partial charge on any atom is -0.351 e. The number of benzene rings is 2. The Balaban J connectivity index is 2.10. The number of aryl methyl sites for hydroxylation is 1. The Morgan fingerprint density at radius 1 is 1.14 bits per heavy atom. The van der Waals surface area contributed by atoms with E-state index in [-0.39, 0.29) is 17.3 Å². The summed E-state index contributed by atoms with van der Waals surface area (Å²) in [6, 6.07) is 11.1. The van der Waals surface area contributed by atoms with E-state index in [9.17, 15) is 18.0 Å². The molecule has 1 aliphatic rings. The molecule has 2 aromatic carbocycles. The summed E-state index contributed by atoms with van der Waals surface area (Å²) in [4.78, 5) is 24.7. The Kier molecular flexibility index (Phi) is 5.42. The summed E-state index contributed by atoms with van der Waals surface area (Å²) in [6.45, 7) is 3.59. The maximum absolute atomic E-state index is 13.4. The molecule has 1 aliphatic heterocycles. The highest BCUT2D eigenvalue weighted by atomic mass is 32.2. The second kappa shape index (κ2) is 7.63. The summed E-state index contributed by atoms with van der Waals surface area (Å²) in [5.74, 6) is -0.212. The summed E-state index contributed by atoms with van der Waals surface area (Å²) >= 11 is 0. The Morgan fingerprint density at radius 3 is 2.43 bits per heavy atom. The first-order valence-electron chi connectivity index (χ1n) is 8.94. The zero-order valence-electron chi connectivity index (χ0n) is 15.8. The minimum absolute atomic E-state index is 0.0158. The highest BCUT2D eigenvalue weighted by Crippen LogP contribution is 2.35. The number of carbonyl (C=O) groups is 2. The predicted octanol–water partition coefficient (Wildman–Crippen LogP) is 2.41. The Bertz CT molecular complexity index is 1020. The number of rotatable bonds is 3. The average molecular weight is 401 g/mol. The van der Waals surface area contributed by atoms with Gasteiger partial charge in [0, 0.05) is 25.7 Å². The van der Waals surface area contributed by atoms with E-state index in [1.54, 1.807) is 42.5 Å². The summed E-state index contributed by atoms with van der Waals surface area (Å²) in [5, 5.41) is 1.77. The molecule has 3 rings (SSSR count). The van der Waals surface area contributed by atoms with Crippen LogP contribution in [-0.2, 0) is 21.1 Å². The van der Waals surface area contributed by atoms with E-state index in [1.807, 2.05) is 6.92 Å². The molecular formula is C20H23N3O4S. The van der Waals surface area contributed by atoms with Crippen LogP contribution in [0, 0.1) is 6.92 Å². The van der Waals surface area contributed by atoms with Crippen LogP contribution < -0.4 is 11.1 Å². The maximum Gasteiger partial charge on any atom is 0.314 e. The molecule has 3 amide bonds. The SMILES string of the molecule is CC(=O)Nc1ccc2c(c1)CCN(C(N)=O)CC2S(=O)(=O)c1ccc(C)cc1. The fraction of sp³-hybridized carbons (Fsp3) is 0.300. The first-order valence-corrected chi connectivity index (χ1v) is 10.5. The molecule has 148 valence electrons. The number of hydrogen-bond donors (Lipinski definition) is 2. The van der Waals surface area contributed by atoms with Crippen LogP contribution in [0.15, 0.2) is 47.4 Å². The van der Waals surface area contributed by atoms with Gasteiger partial charge < -0.3 is 16.0 Å². The van der Waals surface area contributed by atoms with E-state index in [0.29, 0.717) is 24.2 Å². The standard InChI is InChI=1S/C20H23N3O4S/c1-13-3-6-17(7-4-13)28(26,27)19-12-23(20(21)25)10-9-15-11-16(22-14(2)24)5-8-18(15)19/h3-8,11,19H,9-10,12H2,1-2H3,(H2,21,25)(H,22,24). The highest BCUT2D eigenvalue weighted by Gasteiger charge is 2.35. The summed E-state index contributed by atoms with van der Waals surface area (Å²) in [6.07, 6.45) is 0.450. The third kappa shape index (κ3) is 4.01. The van der Waals surface area contributed by atoms with Crippen molar-refractivity contribution in [2.75, 3.05) is 18.4 Å². The van der Waals surface area contributed by atoms with Gasteiger partial charge in [-0.05, 0) is 48.7 Å². The van der Waals surface area contributed by atoms with Gasteiger partial charge in [0.25, 0.3) is 0 Å². The number of sulfone groups is 1.